The number of hydrogen-bond donors (Lipinski definition) is 2. The van der Waals surface area contributed by atoms with Crippen molar-refractivity contribution < 1.29 is 4.79 Å². The molecule has 0 saturated carbocycles. The topological polar surface area (TPSA) is 72.4 Å². The molecular weight excluding hydrogens is 250 g/mol. The van der Waals surface area contributed by atoms with Crippen LogP contribution in [0, 0.1) is 0 Å². The second-order valence-electron chi connectivity index (χ2n) is 5.08. The standard InChI is InChI=1S/C16H17N3O/c17-14-9-12(16(18)20)5-6-13(14)10-19-8-7-11-3-1-2-4-15(11)19/h1-6,9H,7-8,10,17H2,(H2,18,20). The molecule has 1 aliphatic heterocycles. The minimum absolute atomic E-state index is 0.449. The molecule has 3 rings (SSSR count). The fraction of sp³-hybridized carbons (Fsp3) is 0.188. The van der Waals surface area contributed by atoms with Crippen molar-refractivity contribution in [2.45, 2.75) is 13.0 Å². The molecule has 1 aliphatic rings. The number of rotatable bonds is 3. The number of nitrogens with two attached hydrogens (primary N) is 2. The first-order valence-electron chi connectivity index (χ1n) is 6.66. The van der Waals surface area contributed by atoms with Gasteiger partial charge in [0, 0.05) is 30.0 Å². The molecule has 0 fully saturated rings. The lowest BCUT2D eigenvalue weighted by Gasteiger charge is -2.20. The van der Waals surface area contributed by atoms with E-state index < -0.39 is 5.91 Å². The lowest BCUT2D eigenvalue weighted by atomic mass is 10.1. The minimum Gasteiger partial charge on any atom is -0.398 e. The zero-order valence-corrected chi connectivity index (χ0v) is 11.2. The zero-order valence-electron chi connectivity index (χ0n) is 11.2. The van der Waals surface area contributed by atoms with Gasteiger partial charge in [-0.25, -0.2) is 0 Å². The third-order valence-corrected chi connectivity index (χ3v) is 3.77. The molecule has 4 heteroatoms. The number of amides is 1. The van der Waals surface area contributed by atoms with Gasteiger partial charge in [0.25, 0.3) is 0 Å². The lowest BCUT2D eigenvalue weighted by molar-refractivity contribution is 0.100. The van der Waals surface area contributed by atoms with Gasteiger partial charge in [0.05, 0.1) is 0 Å². The van der Waals surface area contributed by atoms with Crippen LogP contribution >= 0.6 is 0 Å². The number of benzene rings is 2. The van der Waals surface area contributed by atoms with Crippen LogP contribution in [0.25, 0.3) is 0 Å². The third kappa shape index (κ3) is 2.20. The highest BCUT2D eigenvalue weighted by atomic mass is 16.1. The van der Waals surface area contributed by atoms with E-state index in [4.69, 9.17) is 11.5 Å². The van der Waals surface area contributed by atoms with Crippen molar-refractivity contribution in [2.24, 2.45) is 5.73 Å². The second kappa shape index (κ2) is 4.89. The van der Waals surface area contributed by atoms with Gasteiger partial charge in [-0.1, -0.05) is 24.3 Å². The average Bonchev–Trinajstić information content (AvgIpc) is 2.84. The van der Waals surface area contributed by atoms with Gasteiger partial charge < -0.3 is 16.4 Å². The Morgan fingerprint density at radius 1 is 1.20 bits per heavy atom. The second-order valence-corrected chi connectivity index (χ2v) is 5.08. The molecule has 0 bridgehead atoms. The number of para-hydroxylation sites is 1. The fourth-order valence-corrected chi connectivity index (χ4v) is 2.67. The van der Waals surface area contributed by atoms with Crippen molar-refractivity contribution in [1.82, 2.24) is 0 Å². The molecule has 4 nitrogen and oxygen atoms in total. The van der Waals surface area contributed by atoms with E-state index in [1.54, 1.807) is 12.1 Å². The van der Waals surface area contributed by atoms with Crippen molar-refractivity contribution in [1.29, 1.82) is 0 Å². The number of nitrogens with zero attached hydrogens (tertiary/aromatic N) is 1. The van der Waals surface area contributed by atoms with E-state index in [9.17, 15) is 4.79 Å². The van der Waals surface area contributed by atoms with Crippen molar-refractivity contribution in [3.05, 3.63) is 59.2 Å². The molecule has 0 saturated heterocycles. The Morgan fingerprint density at radius 3 is 2.75 bits per heavy atom. The Morgan fingerprint density at radius 2 is 2.00 bits per heavy atom. The molecule has 0 spiro atoms. The van der Waals surface area contributed by atoms with Crippen molar-refractivity contribution in [2.75, 3.05) is 17.2 Å². The predicted molar refractivity (Wildman–Crippen MR) is 80.6 cm³/mol. The van der Waals surface area contributed by atoms with E-state index in [1.807, 2.05) is 6.07 Å². The summed E-state index contributed by atoms with van der Waals surface area (Å²) in [6.07, 6.45) is 1.06. The summed E-state index contributed by atoms with van der Waals surface area (Å²) < 4.78 is 0. The van der Waals surface area contributed by atoms with Crippen LogP contribution < -0.4 is 16.4 Å². The van der Waals surface area contributed by atoms with Crippen molar-refractivity contribution in [3.8, 4) is 0 Å². The van der Waals surface area contributed by atoms with E-state index in [0.29, 0.717) is 11.3 Å². The van der Waals surface area contributed by atoms with Crippen LogP contribution in [0.1, 0.15) is 21.5 Å². The fourth-order valence-electron chi connectivity index (χ4n) is 2.67. The number of carbonyl (C=O) groups is 1. The Labute approximate surface area is 118 Å². The average molecular weight is 267 g/mol. The van der Waals surface area contributed by atoms with E-state index in [2.05, 4.69) is 29.2 Å². The molecule has 2 aromatic rings. The van der Waals surface area contributed by atoms with Crippen LogP contribution in [0.4, 0.5) is 11.4 Å². The lowest BCUT2D eigenvalue weighted by Crippen LogP contribution is -2.20. The highest BCUT2D eigenvalue weighted by molar-refractivity contribution is 5.93. The van der Waals surface area contributed by atoms with Crippen LogP contribution in [0.15, 0.2) is 42.5 Å². The largest absolute Gasteiger partial charge is 0.398 e. The molecule has 0 aromatic heterocycles. The highest BCUT2D eigenvalue weighted by Gasteiger charge is 2.19. The third-order valence-electron chi connectivity index (χ3n) is 3.77. The smallest absolute Gasteiger partial charge is 0.248 e. The van der Waals surface area contributed by atoms with Crippen LogP contribution in [-0.2, 0) is 13.0 Å². The monoisotopic (exact) mass is 267 g/mol. The number of primary amides is 1. The quantitative estimate of drug-likeness (QED) is 0.835. The molecule has 2 aromatic carbocycles. The Kier molecular flexibility index (Phi) is 3.06. The van der Waals surface area contributed by atoms with Gasteiger partial charge in [0.2, 0.25) is 5.91 Å². The predicted octanol–water partition coefficient (Wildman–Crippen LogP) is 1.93. The summed E-state index contributed by atoms with van der Waals surface area (Å²) in [6.45, 7) is 1.75. The van der Waals surface area contributed by atoms with Crippen LogP contribution in [0.2, 0.25) is 0 Å². The summed E-state index contributed by atoms with van der Waals surface area (Å²) in [5, 5.41) is 0. The van der Waals surface area contributed by atoms with Crippen LogP contribution in [0.3, 0.4) is 0 Å². The molecule has 0 atom stereocenters. The molecule has 4 N–H and O–H groups in total. The van der Waals surface area contributed by atoms with Crippen molar-refractivity contribution in [3.63, 3.8) is 0 Å². The van der Waals surface area contributed by atoms with Crippen molar-refractivity contribution >= 4 is 17.3 Å². The van der Waals surface area contributed by atoms with Crippen LogP contribution in [0.5, 0.6) is 0 Å². The summed E-state index contributed by atoms with van der Waals surface area (Å²) >= 11 is 0. The van der Waals surface area contributed by atoms with Gasteiger partial charge in [-0.15, -0.1) is 0 Å². The Balaban J connectivity index is 1.84. The Hall–Kier alpha value is -2.49. The van der Waals surface area contributed by atoms with Gasteiger partial charge in [-0.2, -0.15) is 0 Å². The molecule has 102 valence electrons. The molecule has 1 heterocycles. The van der Waals surface area contributed by atoms with Gasteiger partial charge in [0.1, 0.15) is 0 Å². The van der Waals surface area contributed by atoms with E-state index in [-0.39, 0.29) is 0 Å². The van der Waals surface area contributed by atoms with E-state index in [1.165, 1.54) is 11.3 Å². The molecular formula is C16H17N3O. The molecule has 0 unspecified atom stereocenters. The summed E-state index contributed by atoms with van der Waals surface area (Å²) in [4.78, 5) is 13.4. The maximum absolute atomic E-state index is 11.1. The van der Waals surface area contributed by atoms with Gasteiger partial charge in [-0.05, 0) is 35.7 Å². The molecule has 0 radical (unpaired) electrons. The van der Waals surface area contributed by atoms with Gasteiger partial charge >= 0.3 is 0 Å². The summed E-state index contributed by atoms with van der Waals surface area (Å²) in [5.74, 6) is -0.449. The van der Waals surface area contributed by atoms with E-state index >= 15 is 0 Å². The first-order valence-corrected chi connectivity index (χ1v) is 6.66. The van der Waals surface area contributed by atoms with E-state index in [0.717, 1.165) is 25.1 Å². The number of nitrogen functional groups attached to an aromatic ring is 1. The SMILES string of the molecule is NC(=O)c1ccc(CN2CCc3ccccc32)c(N)c1. The maximum atomic E-state index is 11.1. The zero-order chi connectivity index (χ0) is 14.1. The highest BCUT2D eigenvalue weighted by Crippen LogP contribution is 2.29. The minimum atomic E-state index is -0.449. The molecule has 20 heavy (non-hydrogen) atoms. The van der Waals surface area contributed by atoms with Gasteiger partial charge in [-0.3, -0.25) is 4.79 Å². The first-order chi connectivity index (χ1) is 9.65. The summed E-state index contributed by atoms with van der Waals surface area (Å²) in [6, 6.07) is 13.7. The normalized spacial score (nSPS) is 13.3. The summed E-state index contributed by atoms with van der Waals surface area (Å²) in [5.41, 5.74) is 16.0. The number of anilines is 2. The number of fused-ring (bicyclic) bond motifs is 1. The number of hydrogen-bond acceptors (Lipinski definition) is 3. The number of carbonyl (C=O) groups excluding carboxylic acids is 1. The van der Waals surface area contributed by atoms with Gasteiger partial charge in [0.15, 0.2) is 0 Å². The Bertz CT molecular complexity index is 667. The molecule has 0 aliphatic carbocycles. The van der Waals surface area contributed by atoms with Crippen LogP contribution in [-0.4, -0.2) is 12.5 Å². The first kappa shape index (κ1) is 12.5. The molecule has 1 amide bonds. The maximum Gasteiger partial charge on any atom is 0.248 e. The summed E-state index contributed by atoms with van der Waals surface area (Å²) in [7, 11) is 0.